The quantitative estimate of drug-likeness (QED) is 0.313. The number of fused-ring (bicyclic) bond motifs is 3. The molecule has 0 bridgehead atoms. The molecule has 0 aliphatic heterocycles. The third-order valence-electron chi connectivity index (χ3n) is 5.93. The van der Waals surface area contributed by atoms with Crippen molar-refractivity contribution in [3.05, 3.63) is 59.7 Å². The molecule has 1 aliphatic rings. The summed E-state index contributed by atoms with van der Waals surface area (Å²) in [6.45, 7) is 0.648. The number of hydrogen-bond acceptors (Lipinski definition) is 6. The molecule has 2 aromatic carbocycles. The van der Waals surface area contributed by atoms with Gasteiger partial charge in [0.2, 0.25) is 5.91 Å². The van der Waals surface area contributed by atoms with Gasteiger partial charge in [-0.05, 0) is 35.1 Å². The van der Waals surface area contributed by atoms with E-state index < -0.39 is 36.4 Å². The fourth-order valence-electron chi connectivity index (χ4n) is 4.14. The molecule has 9 heteroatoms. The molecule has 0 unspecified atom stereocenters. The third kappa shape index (κ3) is 7.05. The molecule has 2 amide bonds. The second kappa shape index (κ2) is 12.5. The third-order valence-corrected chi connectivity index (χ3v) is 5.93. The van der Waals surface area contributed by atoms with Crippen LogP contribution in [-0.4, -0.2) is 55.3 Å². The van der Waals surface area contributed by atoms with Gasteiger partial charge in [0.15, 0.2) is 0 Å². The zero-order valence-electron chi connectivity index (χ0n) is 19.6. The maximum Gasteiger partial charge on any atom is 0.407 e. The van der Waals surface area contributed by atoms with Gasteiger partial charge in [0.1, 0.15) is 12.6 Å². The Bertz CT molecular complexity index is 1020. The van der Waals surface area contributed by atoms with Crippen LogP contribution >= 0.6 is 0 Å². The summed E-state index contributed by atoms with van der Waals surface area (Å²) in [7, 11) is 1.15. The highest BCUT2D eigenvalue weighted by Gasteiger charge is 2.29. The van der Waals surface area contributed by atoms with Crippen molar-refractivity contribution in [3.63, 3.8) is 0 Å². The minimum absolute atomic E-state index is 0.000438. The van der Waals surface area contributed by atoms with Gasteiger partial charge in [-0.25, -0.2) is 9.59 Å². The zero-order valence-corrected chi connectivity index (χ0v) is 19.6. The molecule has 0 saturated carbocycles. The number of carboxylic acids is 1. The molecule has 3 N–H and O–H groups in total. The SMILES string of the molecule is COC(=O)C[C@@H](NC(=O)CCCCCNC(=O)OCC1c2ccccc2-c2ccccc21)C(=O)O. The van der Waals surface area contributed by atoms with E-state index in [2.05, 4.69) is 39.6 Å². The van der Waals surface area contributed by atoms with Crippen LogP contribution in [0.4, 0.5) is 4.79 Å². The number of unbranched alkanes of at least 4 members (excludes halogenated alkanes) is 2. The van der Waals surface area contributed by atoms with Gasteiger partial charge in [-0.1, -0.05) is 55.0 Å². The predicted molar refractivity (Wildman–Crippen MR) is 128 cm³/mol. The van der Waals surface area contributed by atoms with Crippen molar-refractivity contribution in [2.24, 2.45) is 0 Å². The topological polar surface area (TPSA) is 131 Å². The normalized spacial score (nSPS) is 12.7. The number of rotatable bonds is 12. The lowest BCUT2D eigenvalue weighted by molar-refractivity contribution is -0.148. The second-order valence-electron chi connectivity index (χ2n) is 8.30. The number of carbonyl (C=O) groups excluding carboxylic acids is 3. The number of carbonyl (C=O) groups is 4. The second-order valence-corrected chi connectivity index (χ2v) is 8.30. The number of hydrogen-bond donors (Lipinski definition) is 3. The lowest BCUT2D eigenvalue weighted by Gasteiger charge is -2.14. The van der Waals surface area contributed by atoms with E-state index in [0.717, 1.165) is 18.2 Å². The number of methoxy groups -OCH3 is 1. The molecule has 0 aromatic heterocycles. The Labute approximate surface area is 203 Å². The Hall–Kier alpha value is -3.88. The maximum atomic E-state index is 12.2. The van der Waals surface area contributed by atoms with E-state index in [-0.39, 0.29) is 18.9 Å². The van der Waals surface area contributed by atoms with Gasteiger partial charge >= 0.3 is 18.0 Å². The molecule has 9 nitrogen and oxygen atoms in total. The first-order valence-corrected chi connectivity index (χ1v) is 11.6. The summed E-state index contributed by atoms with van der Waals surface area (Å²) in [5, 5.41) is 14.1. The highest BCUT2D eigenvalue weighted by molar-refractivity contribution is 5.87. The Kier molecular flexibility index (Phi) is 9.23. The number of alkyl carbamates (subject to hydrolysis) is 1. The van der Waals surface area contributed by atoms with Gasteiger partial charge in [-0.15, -0.1) is 0 Å². The Morgan fingerprint density at radius 2 is 1.57 bits per heavy atom. The Morgan fingerprint density at radius 1 is 0.943 bits per heavy atom. The minimum atomic E-state index is -1.31. The summed E-state index contributed by atoms with van der Waals surface area (Å²) in [5.41, 5.74) is 4.63. The van der Waals surface area contributed by atoms with Gasteiger partial charge < -0.3 is 25.2 Å². The summed E-state index contributed by atoms with van der Waals surface area (Å²) in [6, 6.07) is 14.9. The van der Waals surface area contributed by atoms with Gasteiger partial charge in [0, 0.05) is 18.9 Å². The molecule has 186 valence electrons. The van der Waals surface area contributed by atoms with E-state index >= 15 is 0 Å². The van der Waals surface area contributed by atoms with Crippen LogP contribution in [0.15, 0.2) is 48.5 Å². The van der Waals surface area contributed by atoms with Crippen molar-refractivity contribution in [3.8, 4) is 11.1 Å². The summed E-state index contributed by atoms with van der Waals surface area (Å²) >= 11 is 0. The molecule has 3 rings (SSSR count). The van der Waals surface area contributed by atoms with Gasteiger partial charge in [0.05, 0.1) is 13.5 Å². The Balaban J connectivity index is 1.33. The first-order chi connectivity index (χ1) is 16.9. The van der Waals surface area contributed by atoms with Crippen LogP contribution in [0.2, 0.25) is 0 Å². The van der Waals surface area contributed by atoms with Gasteiger partial charge in [-0.3, -0.25) is 9.59 Å². The highest BCUT2D eigenvalue weighted by Crippen LogP contribution is 2.44. The van der Waals surface area contributed by atoms with Crippen molar-refractivity contribution >= 4 is 23.9 Å². The van der Waals surface area contributed by atoms with Crippen LogP contribution in [0.3, 0.4) is 0 Å². The largest absolute Gasteiger partial charge is 0.480 e. The van der Waals surface area contributed by atoms with E-state index in [9.17, 15) is 19.2 Å². The van der Waals surface area contributed by atoms with Gasteiger partial charge in [-0.2, -0.15) is 0 Å². The average Bonchev–Trinajstić information content (AvgIpc) is 3.18. The number of ether oxygens (including phenoxy) is 2. The summed E-state index contributed by atoms with van der Waals surface area (Å²) in [4.78, 5) is 46.5. The predicted octanol–water partition coefficient (Wildman–Crippen LogP) is 3.22. The molecule has 0 fully saturated rings. The molecule has 35 heavy (non-hydrogen) atoms. The van der Waals surface area contributed by atoms with Crippen LogP contribution in [0.1, 0.15) is 49.1 Å². The molecular formula is C26H30N2O7. The van der Waals surface area contributed by atoms with E-state index in [1.165, 1.54) is 11.1 Å². The molecule has 0 spiro atoms. The van der Waals surface area contributed by atoms with Crippen LogP contribution in [0.5, 0.6) is 0 Å². The molecule has 2 aromatic rings. The molecule has 0 saturated heterocycles. The van der Waals surface area contributed by atoms with E-state index in [1.54, 1.807) is 0 Å². The molecule has 0 heterocycles. The number of esters is 1. The van der Waals surface area contributed by atoms with Crippen LogP contribution in [0, 0.1) is 0 Å². The van der Waals surface area contributed by atoms with Crippen LogP contribution < -0.4 is 10.6 Å². The van der Waals surface area contributed by atoms with Crippen molar-refractivity contribution in [2.45, 2.75) is 44.1 Å². The van der Waals surface area contributed by atoms with E-state index in [0.29, 0.717) is 25.8 Å². The first-order valence-electron chi connectivity index (χ1n) is 11.6. The number of nitrogens with one attached hydrogen (secondary N) is 2. The summed E-state index contributed by atoms with van der Waals surface area (Å²) < 4.78 is 9.92. The fraction of sp³-hybridized carbons (Fsp3) is 0.385. The van der Waals surface area contributed by atoms with E-state index in [4.69, 9.17) is 9.84 Å². The standard InChI is InChI=1S/C26H30N2O7/c1-34-24(30)15-22(25(31)32)28-23(29)13-3-2-8-14-27-26(33)35-16-21-19-11-6-4-9-17(19)18-10-5-7-12-20(18)21/h4-7,9-12,21-22H,2-3,8,13-16H2,1H3,(H,27,33)(H,28,29)(H,31,32)/t22-/m1/s1. The Morgan fingerprint density at radius 3 is 2.17 bits per heavy atom. The van der Waals surface area contributed by atoms with Gasteiger partial charge in [0.25, 0.3) is 0 Å². The summed E-state index contributed by atoms with van der Waals surface area (Å²) in [6.07, 6.45) is 1.02. The smallest absolute Gasteiger partial charge is 0.407 e. The average molecular weight is 483 g/mol. The van der Waals surface area contributed by atoms with Crippen molar-refractivity contribution in [1.29, 1.82) is 0 Å². The van der Waals surface area contributed by atoms with Crippen molar-refractivity contribution in [2.75, 3.05) is 20.3 Å². The number of amides is 2. The number of aliphatic carboxylic acids is 1. The minimum Gasteiger partial charge on any atom is -0.480 e. The highest BCUT2D eigenvalue weighted by atomic mass is 16.5. The van der Waals surface area contributed by atoms with Crippen LogP contribution in [-0.2, 0) is 23.9 Å². The maximum absolute atomic E-state index is 12.2. The van der Waals surface area contributed by atoms with E-state index in [1.807, 2.05) is 24.3 Å². The lowest BCUT2D eigenvalue weighted by Crippen LogP contribution is -2.42. The monoisotopic (exact) mass is 482 g/mol. The fourth-order valence-corrected chi connectivity index (χ4v) is 4.14. The van der Waals surface area contributed by atoms with Crippen molar-refractivity contribution < 1.29 is 33.8 Å². The zero-order chi connectivity index (χ0) is 25.2. The molecule has 1 aliphatic carbocycles. The van der Waals surface area contributed by atoms with Crippen LogP contribution in [0.25, 0.3) is 11.1 Å². The molecular weight excluding hydrogens is 452 g/mol. The van der Waals surface area contributed by atoms with Crippen molar-refractivity contribution in [1.82, 2.24) is 10.6 Å². The first kappa shape index (κ1) is 25.7. The summed E-state index contributed by atoms with van der Waals surface area (Å²) in [5.74, 6) is -2.46. The lowest BCUT2D eigenvalue weighted by atomic mass is 9.98. The molecule has 1 atom stereocenters. The molecule has 0 radical (unpaired) electrons. The number of carboxylic acid groups (broad SMARTS) is 1. The number of benzene rings is 2.